The lowest BCUT2D eigenvalue weighted by Crippen LogP contribution is -2.24. The van der Waals surface area contributed by atoms with Crippen LogP contribution in [0.5, 0.6) is 5.75 Å². The molecule has 0 spiro atoms. The third kappa shape index (κ3) is 3.90. The molecule has 8 nitrogen and oxygen atoms in total. The SMILES string of the molecule is Cc1ccc(OCCCNC=O)c(C2CCCN2c2ccn3nc(N)c(C)c3n2)c1. The molecule has 1 unspecified atom stereocenters. The molecule has 1 aliphatic heterocycles. The van der Waals surface area contributed by atoms with Crippen LogP contribution in [0.4, 0.5) is 11.6 Å². The van der Waals surface area contributed by atoms with Crippen LogP contribution in [0.1, 0.15) is 42.0 Å². The Hall–Kier alpha value is -3.29. The zero-order chi connectivity index (χ0) is 21.1. The standard InChI is InChI=1S/C22H28N6O2/c1-15-6-7-19(30-12-4-9-24-14-29)17(13-15)18-5-3-10-27(18)20-8-11-28-22(25-20)16(2)21(23)26-28/h6-8,11,13-14,18H,3-5,9-10,12H2,1-2H3,(H2,23,26)(H,24,29). The van der Waals surface area contributed by atoms with E-state index in [-0.39, 0.29) is 6.04 Å². The van der Waals surface area contributed by atoms with Gasteiger partial charge in [0.1, 0.15) is 11.6 Å². The Bertz CT molecular complexity index is 1050. The molecule has 0 aliphatic carbocycles. The number of anilines is 2. The Balaban J connectivity index is 1.61. The van der Waals surface area contributed by atoms with E-state index in [1.165, 1.54) is 11.1 Å². The van der Waals surface area contributed by atoms with Crippen LogP contribution in [-0.2, 0) is 4.79 Å². The van der Waals surface area contributed by atoms with Crippen molar-refractivity contribution in [1.29, 1.82) is 0 Å². The zero-order valence-electron chi connectivity index (χ0n) is 17.5. The van der Waals surface area contributed by atoms with Crippen LogP contribution in [-0.4, -0.2) is 40.7 Å². The minimum Gasteiger partial charge on any atom is -0.493 e. The topological polar surface area (TPSA) is 97.8 Å². The van der Waals surface area contributed by atoms with Gasteiger partial charge >= 0.3 is 0 Å². The summed E-state index contributed by atoms with van der Waals surface area (Å²) in [4.78, 5) is 17.6. The maximum atomic E-state index is 10.4. The predicted molar refractivity (Wildman–Crippen MR) is 117 cm³/mol. The summed E-state index contributed by atoms with van der Waals surface area (Å²) in [7, 11) is 0. The molecule has 1 saturated heterocycles. The van der Waals surface area contributed by atoms with Crippen molar-refractivity contribution in [2.75, 3.05) is 30.3 Å². The van der Waals surface area contributed by atoms with Crippen molar-refractivity contribution in [2.24, 2.45) is 0 Å². The number of fused-ring (bicyclic) bond motifs is 1. The highest BCUT2D eigenvalue weighted by molar-refractivity contribution is 5.61. The molecule has 0 bridgehead atoms. The second-order valence-electron chi connectivity index (χ2n) is 7.73. The summed E-state index contributed by atoms with van der Waals surface area (Å²) in [5.74, 6) is 2.33. The van der Waals surface area contributed by atoms with Crippen molar-refractivity contribution in [2.45, 2.75) is 39.2 Å². The quantitative estimate of drug-likeness (QED) is 0.439. The number of aryl methyl sites for hydroxylation is 2. The van der Waals surface area contributed by atoms with Crippen LogP contribution in [0.25, 0.3) is 5.65 Å². The lowest BCUT2D eigenvalue weighted by atomic mass is 10.0. The van der Waals surface area contributed by atoms with Crippen molar-refractivity contribution in [3.05, 3.63) is 47.2 Å². The molecule has 8 heteroatoms. The minimum atomic E-state index is 0.198. The number of benzene rings is 1. The predicted octanol–water partition coefficient (Wildman–Crippen LogP) is 2.78. The number of hydrogen-bond donors (Lipinski definition) is 2. The molecule has 30 heavy (non-hydrogen) atoms. The lowest BCUT2D eigenvalue weighted by Gasteiger charge is -2.28. The largest absolute Gasteiger partial charge is 0.493 e. The summed E-state index contributed by atoms with van der Waals surface area (Å²) in [6.07, 6.45) is 5.53. The fraction of sp³-hybridized carbons (Fsp3) is 0.409. The van der Waals surface area contributed by atoms with Gasteiger partial charge in [0, 0.05) is 30.4 Å². The number of hydrogen-bond acceptors (Lipinski definition) is 6. The normalized spacial score (nSPS) is 16.2. The molecule has 158 valence electrons. The van der Waals surface area contributed by atoms with Gasteiger partial charge < -0.3 is 20.7 Å². The summed E-state index contributed by atoms with van der Waals surface area (Å²) in [5, 5.41) is 6.97. The van der Waals surface area contributed by atoms with E-state index in [0.717, 1.165) is 48.6 Å². The van der Waals surface area contributed by atoms with E-state index < -0.39 is 0 Å². The van der Waals surface area contributed by atoms with Gasteiger partial charge in [0.15, 0.2) is 11.5 Å². The maximum Gasteiger partial charge on any atom is 0.207 e. The van der Waals surface area contributed by atoms with Crippen molar-refractivity contribution in [3.8, 4) is 5.75 Å². The molecule has 4 rings (SSSR count). The second-order valence-corrected chi connectivity index (χ2v) is 7.73. The smallest absolute Gasteiger partial charge is 0.207 e. The molecular weight excluding hydrogens is 380 g/mol. The molecule has 1 aromatic carbocycles. The van der Waals surface area contributed by atoms with Gasteiger partial charge in [-0.25, -0.2) is 9.50 Å². The van der Waals surface area contributed by atoms with Gasteiger partial charge in [0.25, 0.3) is 0 Å². The molecule has 3 heterocycles. The molecule has 0 saturated carbocycles. The molecule has 2 aromatic heterocycles. The summed E-state index contributed by atoms with van der Waals surface area (Å²) in [6, 6.07) is 8.53. The van der Waals surface area contributed by atoms with Crippen molar-refractivity contribution < 1.29 is 9.53 Å². The number of rotatable bonds is 8. The lowest BCUT2D eigenvalue weighted by molar-refractivity contribution is -0.109. The molecule has 3 N–H and O–H groups in total. The fourth-order valence-electron chi connectivity index (χ4n) is 4.05. The molecule has 1 atom stereocenters. The average molecular weight is 409 g/mol. The summed E-state index contributed by atoms with van der Waals surface area (Å²) >= 11 is 0. The van der Waals surface area contributed by atoms with Gasteiger partial charge in [0.05, 0.1) is 12.6 Å². The third-order valence-electron chi connectivity index (χ3n) is 5.62. The van der Waals surface area contributed by atoms with E-state index in [1.807, 2.05) is 25.3 Å². The van der Waals surface area contributed by atoms with Gasteiger partial charge in [-0.3, -0.25) is 4.79 Å². The van der Waals surface area contributed by atoms with Gasteiger partial charge in [-0.05, 0) is 45.2 Å². The van der Waals surface area contributed by atoms with Crippen molar-refractivity contribution >= 4 is 23.7 Å². The number of ether oxygens (including phenoxy) is 1. The van der Waals surface area contributed by atoms with Crippen LogP contribution in [0.2, 0.25) is 0 Å². The van der Waals surface area contributed by atoms with E-state index in [0.29, 0.717) is 25.4 Å². The minimum absolute atomic E-state index is 0.198. The first-order valence-corrected chi connectivity index (χ1v) is 10.4. The molecule has 1 aliphatic rings. The first kappa shape index (κ1) is 20.0. The van der Waals surface area contributed by atoms with E-state index in [2.05, 4.69) is 34.4 Å². The summed E-state index contributed by atoms with van der Waals surface area (Å²) in [5.41, 5.74) is 10.0. The third-order valence-corrected chi connectivity index (χ3v) is 5.62. The zero-order valence-corrected chi connectivity index (χ0v) is 17.5. The van der Waals surface area contributed by atoms with Gasteiger partial charge in [-0.15, -0.1) is 5.10 Å². The average Bonchev–Trinajstić information content (AvgIpc) is 3.33. The molecular formula is C22H28N6O2. The molecule has 0 radical (unpaired) electrons. The van der Waals surface area contributed by atoms with Gasteiger partial charge in [-0.2, -0.15) is 0 Å². The second kappa shape index (κ2) is 8.61. The van der Waals surface area contributed by atoms with Crippen LogP contribution < -0.4 is 20.7 Å². The summed E-state index contributed by atoms with van der Waals surface area (Å²) in [6.45, 7) is 6.15. The highest BCUT2D eigenvalue weighted by Crippen LogP contribution is 2.40. The maximum absolute atomic E-state index is 10.4. The number of aromatic nitrogens is 3. The Morgan fingerprint density at radius 3 is 3.03 bits per heavy atom. The Kier molecular flexibility index (Phi) is 5.74. The van der Waals surface area contributed by atoms with Crippen LogP contribution in [0, 0.1) is 13.8 Å². The highest BCUT2D eigenvalue weighted by atomic mass is 16.5. The first-order chi connectivity index (χ1) is 14.6. The van der Waals surface area contributed by atoms with Crippen LogP contribution >= 0.6 is 0 Å². The molecule has 1 fully saturated rings. The number of nitrogen functional groups attached to an aromatic ring is 1. The Labute approximate surface area is 176 Å². The Morgan fingerprint density at radius 2 is 2.20 bits per heavy atom. The fourth-order valence-corrected chi connectivity index (χ4v) is 4.05. The number of carbonyl (C=O) groups excluding carboxylic acids is 1. The molecule has 3 aromatic rings. The van der Waals surface area contributed by atoms with Crippen LogP contribution in [0.15, 0.2) is 30.5 Å². The van der Waals surface area contributed by atoms with Crippen molar-refractivity contribution in [3.63, 3.8) is 0 Å². The Morgan fingerprint density at radius 1 is 1.33 bits per heavy atom. The first-order valence-electron chi connectivity index (χ1n) is 10.4. The monoisotopic (exact) mass is 408 g/mol. The highest BCUT2D eigenvalue weighted by Gasteiger charge is 2.30. The number of nitrogens with one attached hydrogen (secondary N) is 1. The van der Waals surface area contributed by atoms with Gasteiger partial charge in [-0.1, -0.05) is 17.7 Å². The number of nitrogens with zero attached hydrogens (tertiary/aromatic N) is 4. The van der Waals surface area contributed by atoms with E-state index in [4.69, 9.17) is 15.5 Å². The molecule has 1 amide bonds. The van der Waals surface area contributed by atoms with Crippen molar-refractivity contribution in [1.82, 2.24) is 19.9 Å². The van der Waals surface area contributed by atoms with Crippen LogP contribution in [0.3, 0.4) is 0 Å². The summed E-state index contributed by atoms with van der Waals surface area (Å²) < 4.78 is 7.82. The number of amides is 1. The van der Waals surface area contributed by atoms with E-state index in [1.54, 1.807) is 4.52 Å². The number of nitrogens with two attached hydrogens (primary N) is 1. The van der Waals surface area contributed by atoms with Gasteiger partial charge in [0.2, 0.25) is 6.41 Å². The van der Waals surface area contributed by atoms with E-state index >= 15 is 0 Å². The van der Waals surface area contributed by atoms with E-state index in [9.17, 15) is 4.79 Å². The number of carbonyl (C=O) groups is 1.